The molecule has 1 aromatic carbocycles. The Bertz CT molecular complexity index is 525. The first kappa shape index (κ1) is 12.3. The van der Waals surface area contributed by atoms with Gasteiger partial charge in [0.2, 0.25) is 0 Å². The lowest BCUT2D eigenvalue weighted by atomic mass is 10.0. The highest BCUT2D eigenvalue weighted by Gasteiger charge is 2.17. The van der Waals surface area contributed by atoms with Crippen molar-refractivity contribution in [2.24, 2.45) is 0 Å². The van der Waals surface area contributed by atoms with Crippen molar-refractivity contribution in [2.75, 3.05) is 0 Å². The van der Waals surface area contributed by atoms with Gasteiger partial charge in [0.05, 0.1) is 15.6 Å². The molecule has 0 aliphatic carbocycles. The van der Waals surface area contributed by atoms with Crippen molar-refractivity contribution in [2.45, 2.75) is 33.8 Å². The summed E-state index contributed by atoms with van der Waals surface area (Å²) in [4.78, 5) is 5.31. The molecule has 0 saturated carbocycles. The van der Waals surface area contributed by atoms with Crippen molar-refractivity contribution < 1.29 is 5.11 Å². The third kappa shape index (κ3) is 2.56. The van der Waals surface area contributed by atoms with Crippen LogP contribution in [0.2, 0.25) is 0 Å². The van der Waals surface area contributed by atoms with Gasteiger partial charge in [-0.2, -0.15) is 0 Å². The lowest BCUT2D eigenvalue weighted by Crippen LogP contribution is -2.00. The Labute approximate surface area is 106 Å². The first-order valence-electron chi connectivity index (χ1n) is 5.67. The number of hydrogen-bond donors (Lipinski definition) is 1. The molecule has 1 unspecified atom stereocenters. The zero-order valence-electron chi connectivity index (χ0n) is 10.6. The summed E-state index contributed by atoms with van der Waals surface area (Å²) >= 11 is 1.57. The van der Waals surface area contributed by atoms with Crippen LogP contribution in [0.3, 0.4) is 0 Å². The Balaban J connectivity index is 2.43. The van der Waals surface area contributed by atoms with Crippen LogP contribution in [0.5, 0.6) is 0 Å². The fraction of sp³-hybridized carbons (Fsp3) is 0.357. The van der Waals surface area contributed by atoms with Crippen molar-refractivity contribution in [1.82, 2.24) is 4.98 Å². The molecular formula is C14H17NOS. The number of rotatable bonds is 2. The molecule has 2 aromatic rings. The highest BCUT2D eigenvalue weighted by atomic mass is 32.1. The minimum atomic E-state index is -0.556. The van der Waals surface area contributed by atoms with Gasteiger partial charge in [-0.1, -0.05) is 29.3 Å². The van der Waals surface area contributed by atoms with Gasteiger partial charge in [0.25, 0.3) is 0 Å². The predicted molar refractivity (Wildman–Crippen MR) is 71.6 cm³/mol. The maximum Gasteiger partial charge on any atom is 0.115 e. The van der Waals surface area contributed by atoms with Gasteiger partial charge in [0.15, 0.2) is 0 Å². The molecule has 0 amide bonds. The lowest BCUT2D eigenvalue weighted by Gasteiger charge is -2.11. The van der Waals surface area contributed by atoms with E-state index in [1.54, 1.807) is 11.3 Å². The van der Waals surface area contributed by atoms with E-state index in [2.05, 4.69) is 11.1 Å². The number of aryl methyl sites for hydroxylation is 4. The molecule has 17 heavy (non-hydrogen) atoms. The third-order valence-corrected chi connectivity index (χ3v) is 3.87. The van der Waals surface area contributed by atoms with Crippen LogP contribution in [0.15, 0.2) is 18.2 Å². The van der Waals surface area contributed by atoms with E-state index in [1.807, 2.05) is 39.8 Å². The molecule has 0 aliphatic heterocycles. The maximum atomic E-state index is 10.4. The van der Waals surface area contributed by atoms with Crippen LogP contribution < -0.4 is 0 Å². The van der Waals surface area contributed by atoms with Gasteiger partial charge in [-0.25, -0.2) is 4.98 Å². The Morgan fingerprint density at radius 1 is 1.06 bits per heavy atom. The molecule has 2 rings (SSSR count). The summed E-state index contributed by atoms with van der Waals surface area (Å²) in [5.74, 6) is 0. The molecule has 1 atom stereocenters. The molecule has 0 radical (unpaired) electrons. The molecule has 0 aliphatic rings. The van der Waals surface area contributed by atoms with Crippen LogP contribution >= 0.6 is 11.3 Å². The largest absolute Gasteiger partial charge is 0.383 e. The van der Waals surface area contributed by atoms with Gasteiger partial charge < -0.3 is 5.11 Å². The molecule has 1 heterocycles. The topological polar surface area (TPSA) is 33.1 Å². The fourth-order valence-electron chi connectivity index (χ4n) is 2.12. The molecule has 2 nitrogen and oxygen atoms in total. The summed E-state index contributed by atoms with van der Waals surface area (Å²) in [6.45, 7) is 8.02. The molecule has 0 spiro atoms. The Morgan fingerprint density at radius 2 is 1.65 bits per heavy atom. The number of nitrogens with zero attached hydrogens (tertiary/aromatic N) is 1. The molecule has 0 saturated heterocycles. The van der Waals surface area contributed by atoms with Crippen LogP contribution in [-0.2, 0) is 0 Å². The zero-order valence-corrected chi connectivity index (χ0v) is 11.4. The van der Waals surface area contributed by atoms with E-state index in [0.29, 0.717) is 0 Å². The highest BCUT2D eigenvalue weighted by molar-refractivity contribution is 7.11. The van der Waals surface area contributed by atoms with Crippen LogP contribution in [0.25, 0.3) is 0 Å². The molecule has 90 valence electrons. The van der Waals surface area contributed by atoms with Gasteiger partial charge in [-0.3, -0.25) is 0 Å². The van der Waals surface area contributed by atoms with Gasteiger partial charge in [-0.15, -0.1) is 11.3 Å². The first-order valence-corrected chi connectivity index (χ1v) is 6.49. The standard InChI is InChI=1S/C14H17NOS/c1-8-5-9(2)7-12(6-8)13(16)14-10(3)15-11(4)17-14/h5-7,13,16H,1-4H3. The molecule has 1 aromatic heterocycles. The zero-order chi connectivity index (χ0) is 12.6. The second-order valence-corrected chi connectivity index (χ2v) is 5.74. The van der Waals surface area contributed by atoms with Gasteiger partial charge in [-0.05, 0) is 33.3 Å². The maximum absolute atomic E-state index is 10.4. The van der Waals surface area contributed by atoms with Gasteiger partial charge >= 0.3 is 0 Å². The molecule has 0 fully saturated rings. The Morgan fingerprint density at radius 3 is 2.12 bits per heavy atom. The van der Waals surface area contributed by atoms with E-state index in [-0.39, 0.29) is 0 Å². The van der Waals surface area contributed by atoms with E-state index in [4.69, 9.17) is 0 Å². The number of aromatic nitrogens is 1. The summed E-state index contributed by atoms with van der Waals surface area (Å²) in [5, 5.41) is 11.4. The summed E-state index contributed by atoms with van der Waals surface area (Å²) in [6.07, 6.45) is -0.556. The monoisotopic (exact) mass is 247 g/mol. The minimum Gasteiger partial charge on any atom is -0.383 e. The summed E-state index contributed by atoms with van der Waals surface area (Å²) in [7, 11) is 0. The van der Waals surface area contributed by atoms with Crippen LogP contribution in [0.4, 0.5) is 0 Å². The number of hydrogen-bond acceptors (Lipinski definition) is 3. The quantitative estimate of drug-likeness (QED) is 0.881. The summed E-state index contributed by atoms with van der Waals surface area (Å²) in [5.41, 5.74) is 4.24. The van der Waals surface area contributed by atoms with Crippen molar-refractivity contribution in [3.8, 4) is 0 Å². The molecule has 0 bridgehead atoms. The normalized spacial score (nSPS) is 12.8. The van der Waals surface area contributed by atoms with Crippen LogP contribution in [0, 0.1) is 27.7 Å². The molecule has 1 N–H and O–H groups in total. The van der Waals surface area contributed by atoms with Crippen molar-refractivity contribution in [3.05, 3.63) is 50.5 Å². The summed E-state index contributed by atoms with van der Waals surface area (Å²) in [6, 6.07) is 6.18. The SMILES string of the molecule is Cc1cc(C)cc(C(O)c2sc(C)nc2C)c1. The van der Waals surface area contributed by atoms with Crippen LogP contribution in [-0.4, -0.2) is 10.1 Å². The second-order valence-electron chi connectivity index (χ2n) is 4.51. The fourth-order valence-corrected chi connectivity index (χ4v) is 3.06. The van der Waals surface area contributed by atoms with Crippen molar-refractivity contribution in [3.63, 3.8) is 0 Å². The second kappa shape index (κ2) is 4.59. The van der Waals surface area contributed by atoms with E-state index in [9.17, 15) is 5.11 Å². The number of thiazole rings is 1. The van der Waals surface area contributed by atoms with Crippen molar-refractivity contribution in [1.29, 1.82) is 0 Å². The highest BCUT2D eigenvalue weighted by Crippen LogP contribution is 2.30. The molecular weight excluding hydrogens is 230 g/mol. The molecule has 3 heteroatoms. The van der Waals surface area contributed by atoms with E-state index < -0.39 is 6.10 Å². The minimum absolute atomic E-state index is 0.556. The number of benzene rings is 1. The van der Waals surface area contributed by atoms with Gasteiger partial charge in [0, 0.05) is 0 Å². The smallest absolute Gasteiger partial charge is 0.115 e. The third-order valence-electron chi connectivity index (χ3n) is 2.75. The van der Waals surface area contributed by atoms with E-state index >= 15 is 0 Å². The average molecular weight is 247 g/mol. The number of aliphatic hydroxyl groups is 1. The first-order chi connectivity index (χ1) is 7.97. The number of aliphatic hydroxyl groups excluding tert-OH is 1. The van der Waals surface area contributed by atoms with Crippen molar-refractivity contribution >= 4 is 11.3 Å². The average Bonchev–Trinajstić information content (AvgIpc) is 2.55. The lowest BCUT2D eigenvalue weighted by molar-refractivity contribution is 0.223. The Hall–Kier alpha value is -1.19. The van der Waals surface area contributed by atoms with E-state index in [0.717, 1.165) is 21.1 Å². The van der Waals surface area contributed by atoms with E-state index in [1.165, 1.54) is 11.1 Å². The predicted octanol–water partition coefficient (Wildman–Crippen LogP) is 3.46. The van der Waals surface area contributed by atoms with Gasteiger partial charge in [0.1, 0.15) is 6.10 Å². The summed E-state index contributed by atoms with van der Waals surface area (Å²) < 4.78 is 0. The Kier molecular flexibility index (Phi) is 3.31. The van der Waals surface area contributed by atoms with Crippen LogP contribution in [0.1, 0.15) is 38.4 Å².